The van der Waals surface area contributed by atoms with Gasteiger partial charge in [0.05, 0.1) is 5.60 Å². The van der Waals surface area contributed by atoms with Gasteiger partial charge in [0.25, 0.3) is 0 Å². The van der Waals surface area contributed by atoms with Crippen LogP contribution in [0.4, 0.5) is 0 Å². The van der Waals surface area contributed by atoms with Crippen molar-refractivity contribution >= 4 is 0 Å². The van der Waals surface area contributed by atoms with Crippen LogP contribution in [0.15, 0.2) is 48.5 Å². The van der Waals surface area contributed by atoms with Crippen LogP contribution in [0.5, 0.6) is 0 Å². The Hall–Kier alpha value is -1.60. The average molecular weight is 383 g/mol. The minimum Gasteiger partial charge on any atom is -0.375 e. The second kappa shape index (κ2) is 12.8. The third-order valence-electron chi connectivity index (χ3n) is 5.59. The lowest BCUT2D eigenvalue weighted by Crippen LogP contribution is -2.33. The molecule has 28 heavy (non-hydrogen) atoms. The van der Waals surface area contributed by atoms with Gasteiger partial charge in [-0.25, -0.2) is 0 Å². The maximum absolute atomic E-state index is 5.88. The Morgan fingerprint density at radius 1 is 0.857 bits per heavy atom. The zero-order valence-electron chi connectivity index (χ0n) is 19.3. The van der Waals surface area contributed by atoms with Gasteiger partial charge in [-0.1, -0.05) is 96.0 Å². The highest BCUT2D eigenvalue weighted by molar-refractivity contribution is 5.76. The van der Waals surface area contributed by atoms with E-state index in [1.807, 2.05) is 13.8 Å². The van der Waals surface area contributed by atoms with Crippen molar-refractivity contribution in [2.45, 2.75) is 86.2 Å². The molecule has 0 radical (unpaired) electrons. The van der Waals surface area contributed by atoms with Crippen molar-refractivity contribution in [3.05, 3.63) is 59.7 Å². The van der Waals surface area contributed by atoms with E-state index >= 15 is 0 Å². The molecule has 1 atom stereocenters. The Morgan fingerprint density at radius 3 is 1.82 bits per heavy atom. The molecule has 0 saturated heterocycles. The maximum Gasteiger partial charge on any atom is 0.0651 e. The number of rotatable bonds is 7. The van der Waals surface area contributed by atoms with E-state index in [-0.39, 0.29) is 5.60 Å². The van der Waals surface area contributed by atoms with Crippen LogP contribution >= 0.6 is 0 Å². The highest BCUT2D eigenvalue weighted by Gasteiger charge is 2.25. The number of unbranched alkanes of at least 4 members (excludes halogenated alkanes) is 1. The van der Waals surface area contributed by atoms with Crippen LogP contribution in [0.1, 0.15) is 85.3 Å². The molecule has 0 bridgehead atoms. The molecule has 2 aromatic carbocycles. The lowest BCUT2D eigenvalue weighted by atomic mass is 9.89. The van der Waals surface area contributed by atoms with Crippen molar-refractivity contribution in [2.24, 2.45) is 5.92 Å². The molecule has 3 rings (SSSR count). The summed E-state index contributed by atoms with van der Waals surface area (Å²) < 4.78 is 5.88. The molecule has 0 spiro atoms. The Labute approximate surface area is 174 Å². The summed E-state index contributed by atoms with van der Waals surface area (Å²) in [5.74, 6) is 0.661. The first-order valence-corrected chi connectivity index (χ1v) is 11.3. The third-order valence-corrected chi connectivity index (χ3v) is 5.59. The van der Waals surface area contributed by atoms with Crippen LogP contribution in [-0.4, -0.2) is 12.2 Å². The van der Waals surface area contributed by atoms with Gasteiger partial charge in [-0.3, -0.25) is 0 Å². The fourth-order valence-corrected chi connectivity index (χ4v) is 3.48. The molecule has 1 aliphatic rings. The van der Waals surface area contributed by atoms with E-state index in [2.05, 4.69) is 83.1 Å². The summed E-state index contributed by atoms with van der Waals surface area (Å²) >= 11 is 0. The number of ether oxygens (including phenoxy) is 1. The molecule has 0 amide bonds. The number of benzene rings is 2. The van der Waals surface area contributed by atoms with Gasteiger partial charge in [0.15, 0.2) is 0 Å². The van der Waals surface area contributed by atoms with Crippen molar-refractivity contribution in [3.63, 3.8) is 0 Å². The molecular weight excluding hydrogens is 340 g/mol. The van der Waals surface area contributed by atoms with Crippen LogP contribution in [0.2, 0.25) is 0 Å². The molecule has 0 saturated carbocycles. The van der Waals surface area contributed by atoms with E-state index in [0.29, 0.717) is 5.92 Å². The molecule has 0 heterocycles. The lowest BCUT2D eigenvalue weighted by Gasteiger charge is -2.32. The smallest absolute Gasteiger partial charge is 0.0651 e. The van der Waals surface area contributed by atoms with E-state index in [4.69, 9.17) is 4.74 Å². The van der Waals surface area contributed by atoms with Gasteiger partial charge in [0, 0.05) is 6.61 Å². The Balaban J connectivity index is 0.000000257. The molecule has 0 aromatic heterocycles. The van der Waals surface area contributed by atoms with E-state index in [1.54, 1.807) is 0 Å². The lowest BCUT2D eigenvalue weighted by molar-refractivity contribution is -0.0584. The molecular formula is C27H42O. The van der Waals surface area contributed by atoms with Crippen LogP contribution < -0.4 is 0 Å². The first-order chi connectivity index (χ1) is 13.5. The zero-order valence-corrected chi connectivity index (χ0v) is 19.3. The molecule has 2 aromatic rings. The van der Waals surface area contributed by atoms with Gasteiger partial charge in [-0.15, -0.1) is 0 Å². The van der Waals surface area contributed by atoms with Crippen molar-refractivity contribution < 1.29 is 4.74 Å². The van der Waals surface area contributed by atoms with Gasteiger partial charge >= 0.3 is 0 Å². The molecule has 1 heteroatoms. The van der Waals surface area contributed by atoms with Crippen molar-refractivity contribution in [1.29, 1.82) is 0 Å². The van der Waals surface area contributed by atoms with E-state index in [0.717, 1.165) is 13.0 Å². The van der Waals surface area contributed by atoms with Gasteiger partial charge < -0.3 is 4.74 Å². The first-order valence-electron chi connectivity index (χ1n) is 11.3. The topological polar surface area (TPSA) is 9.23 Å². The van der Waals surface area contributed by atoms with E-state index in [9.17, 15) is 0 Å². The number of hydrogen-bond acceptors (Lipinski definition) is 1. The van der Waals surface area contributed by atoms with Crippen LogP contribution in [0.3, 0.4) is 0 Å². The highest BCUT2D eigenvalue weighted by atomic mass is 16.5. The summed E-state index contributed by atoms with van der Waals surface area (Å²) in [4.78, 5) is 0. The molecule has 1 unspecified atom stereocenters. The SMILES string of the molecule is CC.CCCCOC(C)(C)C(C)CCC.c1ccc2c(c1)Cc1ccccc1-2. The second-order valence-corrected chi connectivity index (χ2v) is 7.99. The summed E-state index contributed by atoms with van der Waals surface area (Å²) in [7, 11) is 0. The minimum absolute atomic E-state index is 0.0607. The van der Waals surface area contributed by atoms with Gasteiger partial charge in [-0.05, 0) is 61.3 Å². The summed E-state index contributed by atoms with van der Waals surface area (Å²) in [6.07, 6.45) is 6.02. The Bertz CT molecular complexity index is 628. The minimum atomic E-state index is 0.0607. The molecule has 0 N–H and O–H groups in total. The number of fused-ring (bicyclic) bond motifs is 3. The third kappa shape index (κ3) is 7.09. The monoisotopic (exact) mass is 382 g/mol. The molecule has 0 fully saturated rings. The first kappa shape index (κ1) is 24.4. The predicted molar refractivity (Wildman–Crippen MR) is 125 cm³/mol. The summed E-state index contributed by atoms with van der Waals surface area (Å²) in [6.45, 7) is 16.1. The van der Waals surface area contributed by atoms with Gasteiger partial charge in [0.1, 0.15) is 0 Å². The molecule has 1 nitrogen and oxygen atoms in total. The highest BCUT2D eigenvalue weighted by Crippen LogP contribution is 2.35. The van der Waals surface area contributed by atoms with Crippen molar-refractivity contribution in [1.82, 2.24) is 0 Å². The van der Waals surface area contributed by atoms with Crippen molar-refractivity contribution in [2.75, 3.05) is 6.61 Å². The van der Waals surface area contributed by atoms with E-state index < -0.39 is 0 Å². The standard InChI is InChI=1S/C13H10.C12H26O.C2H6/c1-3-7-12-10(5-1)9-11-6-2-4-8-13(11)12;1-6-8-10-13-12(4,5)11(3)9-7-2;1-2/h1-8H,9H2;11H,6-10H2,1-5H3;1-2H3. The fourth-order valence-electron chi connectivity index (χ4n) is 3.48. The summed E-state index contributed by atoms with van der Waals surface area (Å²) in [6, 6.07) is 17.3. The van der Waals surface area contributed by atoms with E-state index in [1.165, 1.54) is 47.9 Å². The largest absolute Gasteiger partial charge is 0.375 e. The average Bonchev–Trinajstić information content (AvgIpc) is 3.09. The van der Waals surface area contributed by atoms with Crippen molar-refractivity contribution in [3.8, 4) is 11.1 Å². The van der Waals surface area contributed by atoms with Gasteiger partial charge in [-0.2, -0.15) is 0 Å². The Kier molecular flexibility index (Phi) is 11.2. The fraction of sp³-hybridized carbons (Fsp3) is 0.556. The Morgan fingerprint density at radius 2 is 1.36 bits per heavy atom. The molecule has 0 aliphatic heterocycles. The maximum atomic E-state index is 5.88. The number of hydrogen-bond donors (Lipinski definition) is 0. The van der Waals surface area contributed by atoms with Crippen LogP contribution in [0.25, 0.3) is 11.1 Å². The van der Waals surface area contributed by atoms with Gasteiger partial charge in [0.2, 0.25) is 0 Å². The van der Waals surface area contributed by atoms with Crippen LogP contribution in [0, 0.1) is 5.92 Å². The quantitative estimate of drug-likeness (QED) is 0.373. The summed E-state index contributed by atoms with van der Waals surface area (Å²) in [5, 5.41) is 0. The molecule has 1 aliphatic carbocycles. The second-order valence-electron chi connectivity index (χ2n) is 7.99. The zero-order chi connectivity index (χ0) is 21.0. The summed E-state index contributed by atoms with van der Waals surface area (Å²) in [5.41, 5.74) is 5.81. The predicted octanol–water partition coefficient (Wildman–Crippen LogP) is 8.30. The van der Waals surface area contributed by atoms with Crippen LogP contribution in [-0.2, 0) is 11.2 Å². The molecule has 156 valence electrons. The normalized spacial score (nSPS) is 12.7.